The first-order valence-electron chi connectivity index (χ1n) is 34.2. The fraction of sp³-hybridized carbons (Fsp3) is 0. The molecule has 4 aliphatic heterocycles. The minimum Gasteiger partial charge on any atom is -0.458 e. The number of ether oxygens (including phenoxy) is 1. The van der Waals surface area contributed by atoms with Gasteiger partial charge in [-0.05, 0) is 154 Å². The molecule has 0 fully saturated rings. The molecule has 21 rings (SSSR count). The van der Waals surface area contributed by atoms with Crippen LogP contribution in [0.4, 0.5) is 85.3 Å². The Morgan fingerprint density at radius 2 is 0.740 bits per heavy atom. The van der Waals surface area contributed by atoms with Crippen LogP contribution in [0.5, 0.6) is 11.5 Å². The number of nitrogens with zero attached hydrogens (tertiary/aromatic N) is 5. The van der Waals surface area contributed by atoms with Crippen LogP contribution >= 0.6 is 22.7 Å². The largest absolute Gasteiger partial charge is 0.458 e. The van der Waals surface area contributed by atoms with Gasteiger partial charge >= 0.3 is 0 Å². The number of para-hydroxylation sites is 7. The molecule has 17 aromatic rings. The molecule has 6 heterocycles. The van der Waals surface area contributed by atoms with Gasteiger partial charge in [-0.1, -0.05) is 224 Å². The van der Waals surface area contributed by atoms with Crippen LogP contribution in [0, 0.1) is 0 Å². The van der Waals surface area contributed by atoms with Gasteiger partial charge in [-0.3, -0.25) is 0 Å². The molecule has 0 atom stereocenters. The molecule has 100 heavy (non-hydrogen) atoms. The summed E-state index contributed by atoms with van der Waals surface area (Å²) in [6.07, 6.45) is 0. The Kier molecular flexibility index (Phi) is 12.9. The Balaban J connectivity index is 0.880. The van der Waals surface area contributed by atoms with E-state index in [0.717, 1.165) is 119 Å². The summed E-state index contributed by atoms with van der Waals surface area (Å²) in [7, 11) is 0. The molecule has 4 aliphatic rings. The maximum absolute atomic E-state index is 7.51. The Bertz CT molecular complexity index is 6110. The molecule has 0 saturated heterocycles. The lowest BCUT2D eigenvalue weighted by Gasteiger charge is -2.47. The molecule has 466 valence electrons. The van der Waals surface area contributed by atoms with Crippen molar-refractivity contribution in [3.8, 4) is 22.6 Å². The Morgan fingerprint density at radius 1 is 0.270 bits per heavy atom. The predicted octanol–water partition coefficient (Wildman–Crippen LogP) is 21.5. The number of fused-ring (bicyclic) bond motifs is 14. The van der Waals surface area contributed by atoms with E-state index in [-0.39, 0.29) is 13.4 Å². The van der Waals surface area contributed by atoms with Crippen molar-refractivity contribution in [2.45, 2.75) is 0 Å². The molecule has 6 nitrogen and oxygen atoms in total. The molecule has 15 aromatic carbocycles. The molecule has 0 spiro atoms. The maximum Gasteiger partial charge on any atom is 0.256 e. The number of hydrogen-bond acceptors (Lipinski definition) is 8. The zero-order valence-electron chi connectivity index (χ0n) is 54.0. The minimum atomic E-state index is -0.236. The maximum atomic E-state index is 7.51. The molecule has 0 bridgehead atoms. The monoisotopic (exact) mass is 1310 g/mol. The summed E-state index contributed by atoms with van der Waals surface area (Å²) in [5.41, 5.74) is 25.7. The van der Waals surface area contributed by atoms with E-state index < -0.39 is 0 Å². The van der Waals surface area contributed by atoms with Gasteiger partial charge in [0.15, 0.2) is 0 Å². The Morgan fingerprint density at radius 3 is 1.43 bits per heavy atom. The van der Waals surface area contributed by atoms with E-state index in [1.165, 1.54) is 62.2 Å². The first-order chi connectivity index (χ1) is 49.6. The number of rotatable bonds is 10. The van der Waals surface area contributed by atoms with Crippen molar-refractivity contribution in [2.24, 2.45) is 0 Å². The third-order valence-electron chi connectivity index (χ3n) is 20.8. The van der Waals surface area contributed by atoms with Crippen LogP contribution in [-0.2, 0) is 0 Å². The van der Waals surface area contributed by atoms with Crippen molar-refractivity contribution in [2.75, 3.05) is 24.5 Å². The normalized spacial score (nSPS) is 13.0. The summed E-state index contributed by atoms with van der Waals surface area (Å²) in [5, 5.41) is 5.02. The SMILES string of the molecule is c1ccc(-c2ccccc2N2c3cc4c(cc3B3c5ccccc5Oc5cc(N(c6ccccc6)c6cccc7c6sc6ccccc67)cc2c53)B2c3ccccc3N(c3cccc5c3sc3ccccc35)c3cc(N(c5ccccc5)c5ccccc5)cc(c32)N4c2ccccc2)cc1. The van der Waals surface area contributed by atoms with Crippen molar-refractivity contribution in [1.82, 2.24) is 0 Å². The van der Waals surface area contributed by atoms with Crippen LogP contribution in [0.15, 0.2) is 346 Å². The zero-order valence-corrected chi connectivity index (χ0v) is 55.7. The number of thiophene rings is 2. The van der Waals surface area contributed by atoms with Gasteiger partial charge in [0.2, 0.25) is 0 Å². The lowest BCUT2D eigenvalue weighted by Crippen LogP contribution is -2.64. The second kappa shape index (κ2) is 22.6. The third kappa shape index (κ3) is 8.64. The van der Waals surface area contributed by atoms with Crippen LogP contribution in [0.25, 0.3) is 51.5 Å². The first kappa shape index (κ1) is 56.8. The topological polar surface area (TPSA) is 25.4 Å². The molecule has 0 amide bonds. The molecule has 0 N–H and O–H groups in total. The van der Waals surface area contributed by atoms with E-state index in [9.17, 15) is 0 Å². The van der Waals surface area contributed by atoms with E-state index in [2.05, 4.69) is 370 Å². The minimum absolute atomic E-state index is 0.213. The molecular weight excluding hydrogens is 1250 g/mol. The van der Waals surface area contributed by atoms with Crippen LogP contribution in [0.1, 0.15) is 0 Å². The second-order valence-corrected chi connectivity index (χ2v) is 28.3. The highest BCUT2D eigenvalue weighted by molar-refractivity contribution is 7.27. The van der Waals surface area contributed by atoms with Crippen molar-refractivity contribution in [1.29, 1.82) is 0 Å². The smallest absolute Gasteiger partial charge is 0.256 e. The summed E-state index contributed by atoms with van der Waals surface area (Å²) < 4.78 is 12.5. The molecule has 0 radical (unpaired) electrons. The van der Waals surface area contributed by atoms with E-state index in [0.29, 0.717) is 0 Å². The summed E-state index contributed by atoms with van der Waals surface area (Å²) >= 11 is 3.73. The fourth-order valence-electron chi connectivity index (χ4n) is 16.7. The van der Waals surface area contributed by atoms with Crippen LogP contribution in [0.3, 0.4) is 0 Å². The highest BCUT2D eigenvalue weighted by atomic mass is 32.1. The Labute approximate surface area is 588 Å². The van der Waals surface area contributed by atoms with Gasteiger partial charge in [-0.2, -0.15) is 0 Å². The van der Waals surface area contributed by atoms with Gasteiger partial charge in [-0.25, -0.2) is 0 Å². The van der Waals surface area contributed by atoms with Crippen LogP contribution in [0.2, 0.25) is 0 Å². The van der Waals surface area contributed by atoms with Crippen LogP contribution in [-0.4, -0.2) is 13.4 Å². The summed E-state index contributed by atoms with van der Waals surface area (Å²) in [6, 6.07) is 128. The quantitative estimate of drug-likeness (QED) is 0.127. The third-order valence-corrected chi connectivity index (χ3v) is 23.2. The van der Waals surface area contributed by atoms with E-state index >= 15 is 0 Å². The van der Waals surface area contributed by atoms with Crippen molar-refractivity contribution in [3.63, 3.8) is 0 Å². The molecule has 10 heteroatoms. The van der Waals surface area contributed by atoms with Gasteiger partial charge in [0.05, 0.1) is 37.8 Å². The first-order valence-corrected chi connectivity index (χ1v) is 35.8. The molecule has 0 saturated carbocycles. The van der Waals surface area contributed by atoms with Gasteiger partial charge in [0.1, 0.15) is 11.5 Å². The average molecular weight is 1310 g/mol. The molecule has 2 aromatic heterocycles. The average Bonchev–Trinajstić information content (AvgIpc) is 0.809. The van der Waals surface area contributed by atoms with Crippen molar-refractivity contribution in [3.05, 3.63) is 346 Å². The number of hydrogen-bond donors (Lipinski definition) is 0. The standard InChI is InChI=1S/C90H57B2N5OS2/c1-6-28-58(29-7-1)65-38-16-21-45-74(65)96-79-57-78-72(56-73(79)92-71-44-20-23-49-83(71)98-84-55-64(54-82(96)88(84)92)94(61-34-12-4-13-35-61)76-47-26-41-68-66-39-17-24-50-85(66)99-89(68)76)91-70-43-19-22-46-75(70)97(77-48-27-42-69-67-40-18-25-51-86(67)100-90(69)77)81-53-63(52-80(87(81)91)95(78)62-36-14-5-15-37-62)93(59-30-8-2-9-31-59)60-32-10-3-11-33-60/h1-57H. The molecular formula is C90H57B2N5OS2. The van der Waals surface area contributed by atoms with E-state index in [1.807, 2.05) is 22.7 Å². The number of benzene rings is 15. The number of anilines is 15. The van der Waals surface area contributed by atoms with Gasteiger partial charge < -0.3 is 29.2 Å². The molecule has 0 unspecified atom stereocenters. The van der Waals surface area contributed by atoms with Crippen LogP contribution < -0.4 is 62.0 Å². The lowest BCUT2D eigenvalue weighted by molar-refractivity contribution is 0.487. The second-order valence-electron chi connectivity index (χ2n) is 26.2. The summed E-state index contributed by atoms with van der Waals surface area (Å²) in [5.74, 6) is 1.68. The van der Waals surface area contributed by atoms with E-state index in [1.54, 1.807) is 0 Å². The highest BCUT2D eigenvalue weighted by Crippen LogP contribution is 2.55. The molecule has 0 aliphatic carbocycles. The van der Waals surface area contributed by atoms with Crippen molar-refractivity contribution < 1.29 is 4.74 Å². The summed E-state index contributed by atoms with van der Waals surface area (Å²) in [4.78, 5) is 12.7. The van der Waals surface area contributed by atoms with E-state index in [4.69, 9.17) is 4.74 Å². The fourth-order valence-corrected chi connectivity index (χ4v) is 19.1. The van der Waals surface area contributed by atoms with Gasteiger partial charge in [0, 0.05) is 99.4 Å². The summed E-state index contributed by atoms with van der Waals surface area (Å²) in [6.45, 7) is -0.449. The lowest BCUT2D eigenvalue weighted by atomic mass is 9.30. The Hall–Kier alpha value is -12.3. The van der Waals surface area contributed by atoms with Gasteiger partial charge in [-0.15, -0.1) is 22.7 Å². The van der Waals surface area contributed by atoms with Crippen molar-refractivity contribution >= 4 is 195 Å². The zero-order chi connectivity index (χ0) is 65.5. The highest BCUT2D eigenvalue weighted by Gasteiger charge is 2.49. The predicted molar refractivity (Wildman–Crippen MR) is 427 cm³/mol. The van der Waals surface area contributed by atoms with Gasteiger partial charge in [0.25, 0.3) is 13.4 Å².